The van der Waals surface area contributed by atoms with Gasteiger partial charge >= 0.3 is 0 Å². The summed E-state index contributed by atoms with van der Waals surface area (Å²) < 4.78 is 1.06. The highest BCUT2D eigenvalue weighted by molar-refractivity contribution is 4.56. The molecule has 0 unspecified atom stereocenters. The number of aliphatic hydroxyl groups excluding tert-OH is 1. The van der Waals surface area contributed by atoms with E-state index in [2.05, 4.69) is 41.5 Å². The van der Waals surface area contributed by atoms with Crippen LogP contribution in [-0.4, -0.2) is 47.2 Å². The van der Waals surface area contributed by atoms with Crippen LogP contribution in [0.2, 0.25) is 0 Å². The second-order valence-electron chi connectivity index (χ2n) is 8.05. The minimum absolute atomic E-state index is 0.494. The van der Waals surface area contributed by atoms with Crippen LogP contribution >= 0.6 is 0 Å². The van der Waals surface area contributed by atoms with Gasteiger partial charge in [-0.2, -0.15) is 0 Å². The molecule has 0 saturated heterocycles. The number of rotatable bonds is 12. The van der Waals surface area contributed by atoms with Crippen LogP contribution < -0.4 is 0 Å². The maximum atomic E-state index is 9.29. The van der Waals surface area contributed by atoms with Gasteiger partial charge < -0.3 is 14.7 Å². The van der Waals surface area contributed by atoms with E-state index in [-0.39, 0.29) is 0 Å². The Bertz CT molecular complexity index is 196. The molecule has 3 nitrogen and oxygen atoms in total. The minimum Gasteiger partial charge on any atom is -0.368 e. The first kappa shape index (κ1) is 20.9. The molecule has 0 aliphatic heterocycles. The second-order valence-corrected chi connectivity index (χ2v) is 8.05. The standard InChI is InChI=1S/C18H40NO2/c1-15(2)7-11-19(12-8-16(3)4,13-9-17(5)6)14-10-18(20)21/h15-18,20-21H,7-14H2,1-6H3/q+1. The third-order valence-corrected chi connectivity index (χ3v) is 4.40. The average molecular weight is 303 g/mol. The largest absolute Gasteiger partial charge is 0.368 e. The molecule has 0 heterocycles. The van der Waals surface area contributed by atoms with Gasteiger partial charge in [0.1, 0.15) is 0 Å². The summed E-state index contributed by atoms with van der Waals surface area (Å²) in [6.45, 7) is 18.1. The van der Waals surface area contributed by atoms with Gasteiger partial charge in [0, 0.05) is 6.42 Å². The number of aliphatic hydroxyl groups is 2. The van der Waals surface area contributed by atoms with Crippen LogP contribution in [0.25, 0.3) is 0 Å². The first-order chi connectivity index (χ1) is 9.67. The van der Waals surface area contributed by atoms with Gasteiger partial charge in [0.05, 0.1) is 26.2 Å². The van der Waals surface area contributed by atoms with E-state index >= 15 is 0 Å². The Morgan fingerprint density at radius 1 is 0.571 bits per heavy atom. The Morgan fingerprint density at radius 2 is 0.857 bits per heavy atom. The van der Waals surface area contributed by atoms with Crippen molar-refractivity contribution in [3.8, 4) is 0 Å². The summed E-state index contributed by atoms with van der Waals surface area (Å²) in [6, 6.07) is 0. The molecule has 0 fully saturated rings. The molecular formula is C18H40NO2+. The zero-order valence-corrected chi connectivity index (χ0v) is 15.3. The van der Waals surface area contributed by atoms with Crippen molar-refractivity contribution in [3.05, 3.63) is 0 Å². The van der Waals surface area contributed by atoms with Crippen molar-refractivity contribution >= 4 is 0 Å². The van der Waals surface area contributed by atoms with E-state index < -0.39 is 6.29 Å². The number of quaternary nitrogens is 1. The van der Waals surface area contributed by atoms with Crippen molar-refractivity contribution in [3.63, 3.8) is 0 Å². The quantitative estimate of drug-likeness (QED) is 0.427. The summed E-state index contributed by atoms with van der Waals surface area (Å²) in [5, 5.41) is 18.6. The van der Waals surface area contributed by atoms with Gasteiger partial charge in [-0.25, -0.2) is 0 Å². The minimum atomic E-state index is -1.17. The van der Waals surface area contributed by atoms with Gasteiger partial charge in [-0.3, -0.25) is 0 Å². The van der Waals surface area contributed by atoms with Crippen molar-refractivity contribution < 1.29 is 14.7 Å². The van der Waals surface area contributed by atoms with Crippen molar-refractivity contribution in [2.45, 2.75) is 73.5 Å². The molecule has 0 aromatic heterocycles. The first-order valence-corrected chi connectivity index (χ1v) is 8.88. The molecule has 3 heteroatoms. The third-order valence-electron chi connectivity index (χ3n) is 4.40. The highest BCUT2D eigenvalue weighted by Crippen LogP contribution is 2.20. The number of nitrogens with zero attached hydrogens (tertiary/aromatic N) is 1. The average Bonchev–Trinajstić information content (AvgIpc) is 2.36. The highest BCUT2D eigenvalue weighted by atomic mass is 16.5. The fourth-order valence-corrected chi connectivity index (χ4v) is 2.66. The van der Waals surface area contributed by atoms with Crippen molar-refractivity contribution in [2.75, 3.05) is 26.2 Å². The maximum absolute atomic E-state index is 9.29. The summed E-state index contributed by atoms with van der Waals surface area (Å²) in [4.78, 5) is 0. The summed E-state index contributed by atoms with van der Waals surface area (Å²) in [7, 11) is 0. The molecule has 0 aliphatic rings. The summed E-state index contributed by atoms with van der Waals surface area (Å²) in [5.41, 5.74) is 0. The molecule has 0 atom stereocenters. The molecule has 0 radical (unpaired) electrons. The first-order valence-electron chi connectivity index (χ1n) is 8.88. The Kier molecular flexibility index (Phi) is 10.5. The van der Waals surface area contributed by atoms with Gasteiger partial charge in [0.15, 0.2) is 6.29 Å². The lowest BCUT2D eigenvalue weighted by molar-refractivity contribution is -0.930. The van der Waals surface area contributed by atoms with Crippen LogP contribution in [0.3, 0.4) is 0 Å². The lowest BCUT2D eigenvalue weighted by Crippen LogP contribution is -2.52. The molecule has 128 valence electrons. The van der Waals surface area contributed by atoms with E-state index in [0.29, 0.717) is 24.2 Å². The van der Waals surface area contributed by atoms with Crippen molar-refractivity contribution in [1.82, 2.24) is 0 Å². The van der Waals surface area contributed by atoms with Gasteiger partial charge in [-0.05, 0) is 37.0 Å². The highest BCUT2D eigenvalue weighted by Gasteiger charge is 2.28. The predicted octanol–water partition coefficient (Wildman–Crippen LogP) is 3.64. The van der Waals surface area contributed by atoms with Crippen LogP contribution in [0, 0.1) is 17.8 Å². The van der Waals surface area contributed by atoms with Crippen molar-refractivity contribution in [1.29, 1.82) is 0 Å². The Morgan fingerprint density at radius 3 is 1.10 bits per heavy atom. The van der Waals surface area contributed by atoms with E-state index in [9.17, 15) is 10.2 Å². The van der Waals surface area contributed by atoms with Crippen LogP contribution in [0.4, 0.5) is 0 Å². The molecule has 0 spiro atoms. The van der Waals surface area contributed by atoms with E-state index in [4.69, 9.17) is 0 Å². The monoisotopic (exact) mass is 302 g/mol. The molecule has 0 aliphatic carbocycles. The van der Waals surface area contributed by atoms with E-state index in [1.54, 1.807) is 0 Å². The zero-order valence-electron chi connectivity index (χ0n) is 15.3. The van der Waals surface area contributed by atoms with E-state index in [1.165, 1.54) is 38.9 Å². The summed E-state index contributed by atoms with van der Waals surface area (Å²) in [6.07, 6.45) is 2.99. The summed E-state index contributed by atoms with van der Waals surface area (Å²) in [5.74, 6) is 2.12. The third kappa shape index (κ3) is 11.1. The number of hydrogen-bond donors (Lipinski definition) is 2. The van der Waals surface area contributed by atoms with Gasteiger partial charge in [-0.1, -0.05) is 41.5 Å². The topological polar surface area (TPSA) is 40.5 Å². The molecule has 0 aromatic rings. The molecule has 0 saturated carbocycles. The van der Waals surface area contributed by atoms with Gasteiger partial charge in [-0.15, -0.1) is 0 Å². The lowest BCUT2D eigenvalue weighted by atomic mass is 10.0. The van der Waals surface area contributed by atoms with Gasteiger partial charge in [0.25, 0.3) is 0 Å². The van der Waals surface area contributed by atoms with E-state index in [0.717, 1.165) is 11.0 Å². The summed E-state index contributed by atoms with van der Waals surface area (Å²) >= 11 is 0. The Balaban J connectivity index is 4.85. The Hall–Kier alpha value is -0.120. The van der Waals surface area contributed by atoms with Crippen LogP contribution in [0.1, 0.15) is 67.2 Å². The second kappa shape index (κ2) is 10.6. The SMILES string of the molecule is CC(C)CC[N+](CCC(C)C)(CCC(C)C)CCC(O)O. The van der Waals surface area contributed by atoms with Crippen LogP contribution in [-0.2, 0) is 0 Å². The predicted molar refractivity (Wildman–Crippen MR) is 90.9 cm³/mol. The molecule has 0 aromatic carbocycles. The van der Waals surface area contributed by atoms with E-state index in [1.807, 2.05) is 0 Å². The Labute approximate surface area is 133 Å². The molecule has 21 heavy (non-hydrogen) atoms. The maximum Gasteiger partial charge on any atom is 0.156 e. The van der Waals surface area contributed by atoms with Gasteiger partial charge in [0.2, 0.25) is 0 Å². The molecular weight excluding hydrogens is 262 g/mol. The molecule has 2 N–H and O–H groups in total. The van der Waals surface area contributed by atoms with Crippen LogP contribution in [0.5, 0.6) is 0 Å². The lowest BCUT2D eigenvalue weighted by Gasteiger charge is -2.41. The smallest absolute Gasteiger partial charge is 0.156 e. The van der Waals surface area contributed by atoms with Crippen LogP contribution in [0.15, 0.2) is 0 Å². The zero-order chi connectivity index (χ0) is 16.5. The number of hydrogen-bond acceptors (Lipinski definition) is 2. The normalized spacial score (nSPS) is 13.1. The fourth-order valence-electron chi connectivity index (χ4n) is 2.66. The molecule has 0 amide bonds. The fraction of sp³-hybridized carbons (Fsp3) is 1.00. The van der Waals surface area contributed by atoms with Crippen molar-refractivity contribution in [2.24, 2.45) is 17.8 Å². The molecule has 0 rings (SSSR count). The molecule has 0 bridgehead atoms.